The van der Waals surface area contributed by atoms with E-state index in [9.17, 15) is 9.59 Å². The van der Waals surface area contributed by atoms with Crippen molar-refractivity contribution in [2.45, 2.75) is 6.42 Å². The van der Waals surface area contributed by atoms with Crippen molar-refractivity contribution in [3.63, 3.8) is 0 Å². The average molecular weight is 249 g/mol. The molecule has 0 saturated carbocycles. The van der Waals surface area contributed by atoms with Crippen LogP contribution in [0.3, 0.4) is 0 Å². The van der Waals surface area contributed by atoms with E-state index >= 15 is 0 Å². The van der Waals surface area contributed by atoms with E-state index < -0.39 is 11.9 Å². The molecule has 0 atom stereocenters. The monoisotopic (exact) mass is 249 g/mol. The standard InChI is InChI=1S/C13H15NO4/c1-3-7-18-11-6-4-5-10(8-11)14-12(15)9-13(16)17-2/h3-6,8H,1,7,9H2,2H3,(H,14,15). The van der Waals surface area contributed by atoms with E-state index in [0.29, 0.717) is 18.0 Å². The van der Waals surface area contributed by atoms with Crippen LogP contribution in [0.5, 0.6) is 5.75 Å². The summed E-state index contributed by atoms with van der Waals surface area (Å²) >= 11 is 0. The normalized spacial score (nSPS) is 9.39. The number of anilines is 1. The summed E-state index contributed by atoms with van der Waals surface area (Å²) in [6.45, 7) is 3.93. The van der Waals surface area contributed by atoms with Gasteiger partial charge in [-0.1, -0.05) is 18.7 Å². The fourth-order valence-corrected chi connectivity index (χ4v) is 1.23. The van der Waals surface area contributed by atoms with Crippen LogP contribution in [0.2, 0.25) is 0 Å². The minimum Gasteiger partial charge on any atom is -0.489 e. The summed E-state index contributed by atoms with van der Waals surface area (Å²) < 4.78 is 9.72. The maximum Gasteiger partial charge on any atom is 0.315 e. The molecule has 0 aliphatic heterocycles. The molecule has 5 heteroatoms. The number of hydrogen-bond acceptors (Lipinski definition) is 4. The molecule has 1 aromatic rings. The van der Waals surface area contributed by atoms with Crippen LogP contribution >= 0.6 is 0 Å². The van der Waals surface area contributed by atoms with E-state index in [0.717, 1.165) is 0 Å². The molecule has 0 saturated heterocycles. The Morgan fingerprint density at radius 2 is 2.22 bits per heavy atom. The van der Waals surface area contributed by atoms with Crippen molar-refractivity contribution >= 4 is 17.6 Å². The molecule has 0 radical (unpaired) electrons. The predicted octanol–water partition coefficient (Wildman–Crippen LogP) is 1.75. The van der Waals surface area contributed by atoms with Crippen molar-refractivity contribution in [2.24, 2.45) is 0 Å². The first-order valence-corrected chi connectivity index (χ1v) is 5.36. The van der Waals surface area contributed by atoms with Gasteiger partial charge in [-0.05, 0) is 12.1 Å². The molecular weight excluding hydrogens is 234 g/mol. The van der Waals surface area contributed by atoms with Crippen LogP contribution in [0.1, 0.15) is 6.42 Å². The predicted molar refractivity (Wildman–Crippen MR) is 67.4 cm³/mol. The van der Waals surface area contributed by atoms with Gasteiger partial charge < -0.3 is 14.8 Å². The molecule has 1 amide bonds. The van der Waals surface area contributed by atoms with E-state index in [1.807, 2.05) is 0 Å². The van der Waals surface area contributed by atoms with Crippen molar-refractivity contribution in [1.82, 2.24) is 0 Å². The Bertz CT molecular complexity index is 442. The van der Waals surface area contributed by atoms with Crippen LogP contribution in [0.25, 0.3) is 0 Å². The Hall–Kier alpha value is -2.30. The summed E-state index contributed by atoms with van der Waals surface area (Å²) in [5.74, 6) is -0.389. The van der Waals surface area contributed by atoms with Crippen LogP contribution in [0.4, 0.5) is 5.69 Å². The highest BCUT2D eigenvalue weighted by Crippen LogP contribution is 2.17. The number of hydrogen-bond donors (Lipinski definition) is 1. The summed E-state index contributed by atoms with van der Waals surface area (Å²) in [6, 6.07) is 6.88. The Balaban J connectivity index is 2.58. The van der Waals surface area contributed by atoms with Crippen molar-refractivity contribution in [2.75, 3.05) is 19.0 Å². The highest BCUT2D eigenvalue weighted by atomic mass is 16.5. The molecule has 0 bridgehead atoms. The number of rotatable bonds is 6. The van der Waals surface area contributed by atoms with Gasteiger partial charge in [0, 0.05) is 11.8 Å². The zero-order chi connectivity index (χ0) is 13.4. The van der Waals surface area contributed by atoms with Crippen LogP contribution in [-0.4, -0.2) is 25.6 Å². The molecular formula is C13H15NO4. The number of carbonyl (C=O) groups excluding carboxylic acids is 2. The zero-order valence-corrected chi connectivity index (χ0v) is 10.1. The van der Waals surface area contributed by atoms with Crippen molar-refractivity contribution < 1.29 is 19.1 Å². The van der Waals surface area contributed by atoms with E-state index in [2.05, 4.69) is 16.6 Å². The third-order valence-corrected chi connectivity index (χ3v) is 2.02. The SMILES string of the molecule is C=CCOc1cccc(NC(=O)CC(=O)OC)c1. The van der Waals surface area contributed by atoms with Crippen molar-refractivity contribution in [3.8, 4) is 5.75 Å². The molecule has 0 unspecified atom stereocenters. The summed E-state index contributed by atoms with van der Waals surface area (Å²) in [5, 5.41) is 2.58. The average Bonchev–Trinajstić information content (AvgIpc) is 2.36. The van der Waals surface area contributed by atoms with Crippen LogP contribution in [-0.2, 0) is 14.3 Å². The fourth-order valence-electron chi connectivity index (χ4n) is 1.23. The van der Waals surface area contributed by atoms with Gasteiger partial charge in [0.05, 0.1) is 7.11 Å². The van der Waals surface area contributed by atoms with Crippen molar-refractivity contribution in [1.29, 1.82) is 0 Å². The van der Waals surface area contributed by atoms with E-state index in [-0.39, 0.29) is 6.42 Å². The Labute approximate surface area is 105 Å². The zero-order valence-electron chi connectivity index (χ0n) is 10.1. The summed E-state index contributed by atoms with van der Waals surface area (Å²) in [6.07, 6.45) is 1.32. The molecule has 0 heterocycles. The largest absolute Gasteiger partial charge is 0.489 e. The van der Waals surface area contributed by atoms with E-state index in [1.165, 1.54) is 7.11 Å². The highest BCUT2D eigenvalue weighted by Gasteiger charge is 2.09. The van der Waals surface area contributed by atoms with Gasteiger partial charge in [-0.2, -0.15) is 0 Å². The minimum absolute atomic E-state index is 0.311. The summed E-state index contributed by atoms with van der Waals surface area (Å²) in [7, 11) is 1.24. The topological polar surface area (TPSA) is 64.6 Å². The molecule has 0 aromatic heterocycles. The number of esters is 1. The Morgan fingerprint density at radius 1 is 1.44 bits per heavy atom. The second-order valence-electron chi connectivity index (χ2n) is 3.43. The number of amides is 1. The van der Waals surface area contributed by atoms with Crippen LogP contribution in [0, 0.1) is 0 Å². The molecule has 0 aliphatic carbocycles. The number of nitrogens with one attached hydrogen (secondary N) is 1. The maximum absolute atomic E-state index is 11.4. The van der Waals surface area contributed by atoms with Crippen molar-refractivity contribution in [3.05, 3.63) is 36.9 Å². The highest BCUT2D eigenvalue weighted by molar-refractivity contribution is 6.01. The summed E-state index contributed by atoms with van der Waals surface area (Å²) in [4.78, 5) is 22.3. The molecule has 0 spiro atoms. The molecule has 1 N–H and O–H groups in total. The van der Waals surface area contributed by atoms with E-state index in [4.69, 9.17) is 4.74 Å². The first kappa shape index (κ1) is 13.8. The fraction of sp³-hybridized carbons (Fsp3) is 0.231. The Kier molecular flexibility index (Phi) is 5.44. The molecule has 5 nitrogen and oxygen atoms in total. The first-order chi connectivity index (χ1) is 8.65. The van der Waals surface area contributed by atoms with Gasteiger partial charge in [-0.3, -0.25) is 9.59 Å². The lowest BCUT2D eigenvalue weighted by molar-refractivity contribution is -0.142. The number of benzene rings is 1. The summed E-state index contributed by atoms with van der Waals surface area (Å²) in [5.41, 5.74) is 0.561. The van der Waals surface area contributed by atoms with Gasteiger partial charge >= 0.3 is 5.97 Å². The molecule has 0 fully saturated rings. The number of carbonyl (C=O) groups is 2. The smallest absolute Gasteiger partial charge is 0.315 e. The van der Waals surface area contributed by atoms with Crippen LogP contribution in [0.15, 0.2) is 36.9 Å². The van der Waals surface area contributed by atoms with Crippen LogP contribution < -0.4 is 10.1 Å². The van der Waals surface area contributed by atoms with Gasteiger partial charge in [-0.25, -0.2) is 0 Å². The van der Waals surface area contributed by atoms with Gasteiger partial charge in [0.15, 0.2) is 0 Å². The van der Waals surface area contributed by atoms with Gasteiger partial charge in [0.25, 0.3) is 0 Å². The van der Waals surface area contributed by atoms with Gasteiger partial charge in [0.2, 0.25) is 5.91 Å². The number of ether oxygens (including phenoxy) is 2. The number of methoxy groups -OCH3 is 1. The third kappa shape index (κ3) is 4.69. The molecule has 1 rings (SSSR count). The van der Waals surface area contributed by atoms with E-state index in [1.54, 1.807) is 30.3 Å². The van der Waals surface area contributed by atoms with Gasteiger partial charge in [0.1, 0.15) is 18.8 Å². The molecule has 18 heavy (non-hydrogen) atoms. The second-order valence-corrected chi connectivity index (χ2v) is 3.43. The lowest BCUT2D eigenvalue weighted by atomic mass is 10.3. The maximum atomic E-state index is 11.4. The third-order valence-electron chi connectivity index (χ3n) is 2.02. The molecule has 0 aliphatic rings. The molecule has 1 aromatic carbocycles. The lowest BCUT2D eigenvalue weighted by Crippen LogP contribution is -2.17. The van der Waals surface area contributed by atoms with Gasteiger partial charge in [-0.15, -0.1) is 0 Å². The minimum atomic E-state index is -0.577. The first-order valence-electron chi connectivity index (χ1n) is 5.36. The molecule has 96 valence electrons. The Morgan fingerprint density at radius 3 is 2.89 bits per heavy atom. The quantitative estimate of drug-likeness (QED) is 0.474. The second kappa shape index (κ2) is 7.11. The lowest BCUT2D eigenvalue weighted by Gasteiger charge is -2.07.